The Balaban J connectivity index is 1.98. The molecule has 0 saturated heterocycles. The molecule has 1 aliphatic carbocycles. The SMILES string of the molecule is CC1CCC(O)(Cc2cnn(C)c2)c2ccccc21. The number of fused-ring (bicyclic) bond motifs is 1. The third-order valence-corrected chi connectivity index (χ3v) is 4.24. The molecule has 0 bridgehead atoms. The Morgan fingerprint density at radius 3 is 2.95 bits per heavy atom. The van der Waals surface area contributed by atoms with E-state index in [1.165, 1.54) is 5.56 Å². The van der Waals surface area contributed by atoms with Crippen molar-refractivity contribution in [2.45, 2.75) is 37.7 Å². The third kappa shape index (κ3) is 2.19. The Hall–Kier alpha value is -1.61. The molecule has 0 saturated carbocycles. The number of aromatic nitrogens is 2. The van der Waals surface area contributed by atoms with Gasteiger partial charge < -0.3 is 5.11 Å². The summed E-state index contributed by atoms with van der Waals surface area (Å²) in [7, 11) is 1.91. The van der Waals surface area contributed by atoms with Crippen LogP contribution in [0.2, 0.25) is 0 Å². The largest absolute Gasteiger partial charge is 0.385 e. The zero-order valence-electron chi connectivity index (χ0n) is 11.5. The van der Waals surface area contributed by atoms with Crippen molar-refractivity contribution in [3.05, 3.63) is 53.3 Å². The average molecular weight is 256 g/mol. The molecular formula is C16H20N2O. The van der Waals surface area contributed by atoms with Crippen molar-refractivity contribution in [3.63, 3.8) is 0 Å². The Labute approximate surface area is 113 Å². The highest BCUT2D eigenvalue weighted by Crippen LogP contribution is 2.42. The second-order valence-corrected chi connectivity index (χ2v) is 5.76. The first kappa shape index (κ1) is 12.4. The average Bonchev–Trinajstić information content (AvgIpc) is 2.80. The minimum Gasteiger partial charge on any atom is -0.385 e. The van der Waals surface area contributed by atoms with Crippen LogP contribution >= 0.6 is 0 Å². The predicted molar refractivity (Wildman–Crippen MR) is 74.9 cm³/mol. The van der Waals surface area contributed by atoms with E-state index in [2.05, 4.69) is 30.2 Å². The number of aliphatic hydroxyl groups is 1. The summed E-state index contributed by atoms with van der Waals surface area (Å²) in [5.41, 5.74) is 2.73. The fourth-order valence-corrected chi connectivity index (χ4v) is 3.18. The van der Waals surface area contributed by atoms with E-state index in [0.717, 1.165) is 24.0 Å². The molecule has 0 radical (unpaired) electrons. The van der Waals surface area contributed by atoms with Crippen LogP contribution in [0.5, 0.6) is 0 Å². The summed E-state index contributed by atoms with van der Waals surface area (Å²) in [6, 6.07) is 8.30. The highest BCUT2D eigenvalue weighted by atomic mass is 16.3. The summed E-state index contributed by atoms with van der Waals surface area (Å²) in [5.74, 6) is 0.533. The van der Waals surface area contributed by atoms with Crippen molar-refractivity contribution in [1.82, 2.24) is 9.78 Å². The summed E-state index contributed by atoms with van der Waals surface area (Å²) in [6.45, 7) is 2.24. The van der Waals surface area contributed by atoms with E-state index < -0.39 is 5.60 Å². The molecule has 100 valence electrons. The van der Waals surface area contributed by atoms with Gasteiger partial charge in [-0.05, 0) is 35.4 Å². The van der Waals surface area contributed by atoms with Crippen molar-refractivity contribution < 1.29 is 5.11 Å². The van der Waals surface area contributed by atoms with Gasteiger partial charge in [0.05, 0.1) is 11.8 Å². The van der Waals surface area contributed by atoms with Crippen LogP contribution in [0.15, 0.2) is 36.7 Å². The fourth-order valence-electron chi connectivity index (χ4n) is 3.18. The first-order chi connectivity index (χ1) is 9.08. The van der Waals surface area contributed by atoms with Gasteiger partial charge in [0.1, 0.15) is 0 Å². The molecule has 3 rings (SSSR count). The molecule has 0 aliphatic heterocycles. The van der Waals surface area contributed by atoms with Gasteiger partial charge in [-0.1, -0.05) is 31.2 Å². The second-order valence-electron chi connectivity index (χ2n) is 5.76. The van der Waals surface area contributed by atoms with Crippen LogP contribution < -0.4 is 0 Å². The quantitative estimate of drug-likeness (QED) is 0.897. The predicted octanol–water partition coefficient (Wildman–Crippen LogP) is 2.75. The highest BCUT2D eigenvalue weighted by Gasteiger charge is 2.36. The monoisotopic (exact) mass is 256 g/mol. The zero-order valence-corrected chi connectivity index (χ0v) is 11.5. The number of hydrogen-bond donors (Lipinski definition) is 1. The standard InChI is InChI=1S/C16H20N2O/c1-12-7-8-16(19,9-13-10-17-18(2)11-13)15-6-4-3-5-14(12)15/h3-6,10-12,19H,7-9H2,1-2H3. The van der Waals surface area contributed by atoms with E-state index in [4.69, 9.17) is 0 Å². The molecular weight excluding hydrogens is 236 g/mol. The smallest absolute Gasteiger partial charge is 0.0940 e. The van der Waals surface area contributed by atoms with E-state index in [1.54, 1.807) is 4.68 Å². The molecule has 1 aromatic carbocycles. The van der Waals surface area contributed by atoms with Crippen molar-refractivity contribution in [2.24, 2.45) is 7.05 Å². The lowest BCUT2D eigenvalue weighted by Crippen LogP contribution is -2.33. The summed E-state index contributed by atoms with van der Waals surface area (Å²) >= 11 is 0. The Morgan fingerprint density at radius 1 is 1.42 bits per heavy atom. The molecule has 0 fully saturated rings. The van der Waals surface area contributed by atoms with Crippen LogP contribution in [0.25, 0.3) is 0 Å². The van der Waals surface area contributed by atoms with E-state index in [0.29, 0.717) is 12.3 Å². The lowest BCUT2D eigenvalue weighted by atomic mass is 9.72. The number of aryl methyl sites for hydroxylation is 1. The zero-order chi connectivity index (χ0) is 13.5. The molecule has 3 heteroatoms. The lowest BCUT2D eigenvalue weighted by Gasteiger charge is -2.37. The molecule has 1 heterocycles. The lowest BCUT2D eigenvalue weighted by molar-refractivity contribution is 0.0159. The normalized spacial score (nSPS) is 26.2. The van der Waals surface area contributed by atoms with Gasteiger partial charge in [0.25, 0.3) is 0 Å². The first-order valence-electron chi connectivity index (χ1n) is 6.88. The minimum atomic E-state index is -0.744. The molecule has 3 nitrogen and oxygen atoms in total. The van der Waals surface area contributed by atoms with Gasteiger partial charge in [0.15, 0.2) is 0 Å². The molecule has 0 spiro atoms. The molecule has 2 aromatic rings. The van der Waals surface area contributed by atoms with Gasteiger partial charge in [-0.15, -0.1) is 0 Å². The fraction of sp³-hybridized carbons (Fsp3) is 0.438. The Bertz CT molecular complexity index is 590. The van der Waals surface area contributed by atoms with Gasteiger partial charge in [-0.3, -0.25) is 4.68 Å². The van der Waals surface area contributed by atoms with E-state index in [9.17, 15) is 5.11 Å². The van der Waals surface area contributed by atoms with E-state index in [-0.39, 0.29) is 0 Å². The van der Waals surface area contributed by atoms with Crippen molar-refractivity contribution in [1.29, 1.82) is 0 Å². The highest BCUT2D eigenvalue weighted by molar-refractivity contribution is 5.38. The summed E-state index contributed by atoms with van der Waals surface area (Å²) in [4.78, 5) is 0. The molecule has 0 amide bonds. The van der Waals surface area contributed by atoms with E-state index in [1.807, 2.05) is 25.5 Å². The van der Waals surface area contributed by atoms with Gasteiger partial charge in [0.2, 0.25) is 0 Å². The van der Waals surface area contributed by atoms with Crippen LogP contribution in [0, 0.1) is 0 Å². The molecule has 19 heavy (non-hydrogen) atoms. The van der Waals surface area contributed by atoms with Crippen molar-refractivity contribution in [3.8, 4) is 0 Å². The summed E-state index contributed by atoms with van der Waals surface area (Å²) < 4.78 is 1.79. The maximum Gasteiger partial charge on any atom is 0.0940 e. The maximum atomic E-state index is 11.1. The van der Waals surface area contributed by atoms with Gasteiger partial charge in [-0.25, -0.2) is 0 Å². The van der Waals surface area contributed by atoms with Crippen LogP contribution in [0.4, 0.5) is 0 Å². The molecule has 1 N–H and O–H groups in total. The number of rotatable bonds is 2. The number of nitrogens with zero attached hydrogens (tertiary/aromatic N) is 2. The Kier molecular flexibility index (Phi) is 2.94. The van der Waals surface area contributed by atoms with Crippen LogP contribution in [0.1, 0.15) is 42.4 Å². The summed E-state index contributed by atoms with van der Waals surface area (Å²) in [5, 5.41) is 15.3. The summed E-state index contributed by atoms with van der Waals surface area (Å²) in [6.07, 6.45) is 6.33. The van der Waals surface area contributed by atoms with Gasteiger partial charge >= 0.3 is 0 Å². The second kappa shape index (κ2) is 4.49. The molecule has 1 aliphatic rings. The van der Waals surface area contributed by atoms with Gasteiger partial charge in [-0.2, -0.15) is 5.10 Å². The molecule has 2 atom stereocenters. The van der Waals surface area contributed by atoms with Crippen LogP contribution in [-0.4, -0.2) is 14.9 Å². The van der Waals surface area contributed by atoms with Crippen molar-refractivity contribution in [2.75, 3.05) is 0 Å². The Morgan fingerprint density at radius 2 is 2.21 bits per heavy atom. The van der Waals surface area contributed by atoms with Crippen LogP contribution in [-0.2, 0) is 19.1 Å². The number of hydrogen-bond acceptors (Lipinski definition) is 2. The van der Waals surface area contributed by atoms with Gasteiger partial charge in [0, 0.05) is 19.7 Å². The van der Waals surface area contributed by atoms with Crippen molar-refractivity contribution >= 4 is 0 Å². The first-order valence-corrected chi connectivity index (χ1v) is 6.88. The molecule has 2 unspecified atom stereocenters. The van der Waals surface area contributed by atoms with Crippen LogP contribution in [0.3, 0.4) is 0 Å². The third-order valence-electron chi connectivity index (χ3n) is 4.24. The number of benzene rings is 1. The minimum absolute atomic E-state index is 0.533. The molecule has 1 aromatic heterocycles. The van der Waals surface area contributed by atoms with E-state index >= 15 is 0 Å². The topological polar surface area (TPSA) is 38.1 Å². The maximum absolute atomic E-state index is 11.1.